The largest absolute Gasteiger partial charge is 0.465 e. The zero-order valence-electron chi connectivity index (χ0n) is 15.1. The van der Waals surface area contributed by atoms with Gasteiger partial charge in [-0.2, -0.15) is 0 Å². The minimum atomic E-state index is -0.415. The molecule has 1 aliphatic carbocycles. The lowest BCUT2D eigenvalue weighted by atomic mass is 10.1. The summed E-state index contributed by atoms with van der Waals surface area (Å²) in [4.78, 5) is 24.6. The van der Waals surface area contributed by atoms with Crippen molar-refractivity contribution in [3.63, 3.8) is 0 Å². The minimum Gasteiger partial charge on any atom is -0.465 e. The second-order valence-corrected chi connectivity index (χ2v) is 7.26. The zero-order chi connectivity index (χ0) is 19.4. The monoisotopic (exact) mass is 397 g/mol. The molecule has 1 aliphatic heterocycles. The van der Waals surface area contributed by atoms with Gasteiger partial charge in [0.15, 0.2) is 17.3 Å². The van der Waals surface area contributed by atoms with Crippen molar-refractivity contribution in [2.45, 2.75) is 19.4 Å². The number of aryl methyl sites for hydroxylation is 1. The van der Waals surface area contributed by atoms with E-state index >= 15 is 0 Å². The highest BCUT2D eigenvalue weighted by Gasteiger charge is 2.29. The molecule has 2 aromatic carbocycles. The van der Waals surface area contributed by atoms with E-state index in [4.69, 9.17) is 25.8 Å². The summed E-state index contributed by atoms with van der Waals surface area (Å²) in [6, 6.07) is 8.96. The van der Waals surface area contributed by atoms with Crippen LogP contribution in [0.4, 0.5) is 0 Å². The van der Waals surface area contributed by atoms with Crippen molar-refractivity contribution < 1.29 is 23.8 Å². The van der Waals surface area contributed by atoms with E-state index in [0.717, 1.165) is 22.0 Å². The predicted molar refractivity (Wildman–Crippen MR) is 103 cm³/mol. The van der Waals surface area contributed by atoms with Gasteiger partial charge in [-0.15, -0.1) is 0 Å². The molecule has 0 radical (unpaired) electrons. The van der Waals surface area contributed by atoms with Gasteiger partial charge in [-0.1, -0.05) is 17.7 Å². The highest BCUT2D eigenvalue weighted by Crippen LogP contribution is 2.39. The van der Waals surface area contributed by atoms with Gasteiger partial charge in [-0.3, -0.25) is 4.79 Å². The molecule has 0 atom stereocenters. The lowest BCUT2D eigenvalue weighted by Gasteiger charge is -2.12. The number of nitrogens with zero attached hydrogens (tertiary/aromatic N) is 1. The van der Waals surface area contributed by atoms with E-state index in [1.54, 1.807) is 18.2 Å². The summed E-state index contributed by atoms with van der Waals surface area (Å²) in [5, 5.41) is 1.51. The minimum absolute atomic E-state index is 0.0997. The zero-order valence-corrected chi connectivity index (χ0v) is 15.8. The summed E-state index contributed by atoms with van der Waals surface area (Å²) in [6.07, 6.45) is 1.19. The first-order valence-electron chi connectivity index (χ1n) is 8.91. The maximum atomic E-state index is 12.6. The molecule has 5 rings (SSSR count). The van der Waals surface area contributed by atoms with E-state index in [2.05, 4.69) is 0 Å². The maximum absolute atomic E-state index is 12.6. The number of aromatic nitrogens is 1. The number of benzene rings is 2. The molecular weight excluding hydrogens is 382 g/mol. The molecule has 0 fully saturated rings. The lowest BCUT2D eigenvalue weighted by molar-refractivity contribution is 0.0600. The van der Waals surface area contributed by atoms with Gasteiger partial charge in [0.2, 0.25) is 6.79 Å². The number of ether oxygens (including phenoxy) is 3. The third-order valence-corrected chi connectivity index (χ3v) is 5.68. The van der Waals surface area contributed by atoms with Gasteiger partial charge < -0.3 is 18.8 Å². The van der Waals surface area contributed by atoms with Crippen molar-refractivity contribution in [3.05, 3.63) is 57.7 Å². The summed E-state index contributed by atoms with van der Waals surface area (Å²) >= 11 is 6.46. The van der Waals surface area contributed by atoms with Crippen LogP contribution in [0.15, 0.2) is 30.3 Å². The first-order valence-corrected chi connectivity index (χ1v) is 9.29. The number of fused-ring (bicyclic) bond motifs is 4. The van der Waals surface area contributed by atoms with E-state index in [9.17, 15) is 9.59 Å². The molecule has 0 spiro atoms. The fourth-order valence-corrected chi connectivity index (χ4v) is 4.22. The van der Waals surface area contributed by atoms with Gasteiger partial charge in [0, 0.05) is 29.4 Å². The molecule has 0 bridgehead atoms. The Bertz CT molecular complexity index is 1160. The van der Waals surface area contributed by atoms with E-state index in [1.165, 1.54) is 7.11 Å². The van der Waals surface area contributed by atoms with Crippen molar-refractivity contribution in [2.75, 3.05) is 13.9 Å². The van der Waals surface area contributed by atoms with Crippen LogP contribution in [-0.4, -0.2) is 30.2 Å². The van der Waals surface area contributed by atoms with Gasteiger partial charge in [0.25, 0.3) is 0 Å². The number of carbonyl (C=O) groups is 2. The van der Waals surface area contributed by atoms with Gasteiger partial charge in [0.1, 0.15) is 0 Å². The summed E-state index contributed by atoms with van der Waals surface area (Å²) in [5.74, 6) is 0.930. The number of rotatable bonds is 3. The van der Waals surface area contributed by atoms with E-state index in [1.807, 2.05) is 16.7 Å². The Kier molecular flexibility index (Phi) is 3.84. The Labute approximate surface area is 165 Å². The fraction of sp³-hybridized carbons (Fsp3) is 0.238. The molecule has 7 heteroatoms. The average Bonchev–Trinajstić information content (AvgIpc) is 3.38. The van der Waals surface area contributed by atoms with Crippen molar-refractivity contribution >= 4 is 34.3 Å². The van der Waals surface area contributed by atoms with Crippen LogP contribution in [0.1, 0.15) is 38.4 Å². The molecule has 6 nitrogen and oxygen atoms in total. The smallest absolute Gasteiger partial charge is 0.337 e. The van der Waals surface area contributed by atoms with Crippen molar-refractivity contribution in [1.29, 1.82) is 0 Å². The first-order chi connectivity index (χ1) is 13.6. The topological polar surface area (TPSA) is 66.8 Å². The normalized spacial score (nSPS) is 14.6. The number of hydrogen-bond donors (Lipinski definition) is 0. The summed E-state index contributed by atoms with van der Waals surface area (Å²) in [6.45, 7) is 0.551. The molecule has 3 aromatic rings. The second-order valence-electron chi connectivity index (χ2n) is 6.86. The van der Waals surface area contributed by atoms with Crippen LogP contribution in [0, 0.1) is 0 Å². The summed E-state index contributed by atoms with van der Waals surface area (Å²) in [5.41, 5.74) is 3.78. The predicted octanol–water partition coefficient (Wildman–Crippen LogP) is 3.99. The lowest BCUT2D eigenvalue weighted by Crippen LogP contribution is -2.09. The van der Waals surface area contributed by atoms with E-state index in [-0.39, 0.29) is 12.6 Å². The van der Waals surface area contributed by atoms with Crippen LogP contribution in [0.3, 0.4) is 0 Å². The standard InChI is InChI=1S/C21H16ClNO5/c1-26-21(25)11-2-3-13-14-4-5-17(24)20(14)23(16(13)6-11)9-12-7-18-19(8-15(12)22)28-10-27-18/h2-3,6-8H,4-5,9-10H2,1H3. The highest BCUT2D eigenvalue weighted by atomic mass is 35.5. The van der Waals surface area contributed by atoms with Crippen LogP contribution in [0.5, 0.6) is 11.5 Å². The second kappa shape index (κ2) is 6.27. The molecule has 0 unspecified atom stereocenters. The summed E-state index contributed by atoms with van der Waals surface area (Å²) in [7, 11) is 1.35. The van der Waals surface area contributed by atoms with Crippen LogP contribution in [0.2, 0.25) is 5.02 Å². The van der Waals surface area contributed by atoms with Gasteiger partial charge >= 0.3 is 5.97 Å². The quantitative estimate of drug-likeness (QED) is 0.625. The maximum Gasteiger partial charge on any atom is 0.337 e. The van der Waals surface area contributed by atoms with E-state index in [0.29, 0.717) is 47.2 Å². The number of Topliss-reactive ketones (excluding diaryl/α,β-unsaturated/α-hetero) is 1. The Morgan fingerprint density at radius 2 is 1.96 bits per heavy atom. The fourth-order valence-electron chi connectivity index (χ4n) is 4.01. The molecule has 2 aliphatic rings. The number of esters is 1. The van der Waals surface area contributed by atoms with Crippen molar-refractivity contribution in [1.82, 2.24) is 4.57 Å². The number of methoxy groups -OCH3 is 1. The molecule has 0 amide bonds. The average molecular weight is 398 g/mol. The third-order valence-electron chi connectivity index (χ3n) is 5.33. The van der Waals surface area contributed by atoms with Crippen LogP contribution in [0.25, 0.3) is 10.9 Å². The molecule has 28 heavy (non-hydrogen) atoms. The highest BCUT2D eigenvalue weighted by molar-refractivity contribution is 6.31. The van der Waals surface area contributed by atoms with Crippen LogP contribution < -0.4 is 9.47 Å². The molecule has 2 heterocycles. The van der Waals surface area contributed by atoms with Gasteiger partial charge in [-0.05, 0) is 35.7 Å². The molecule has 0 N–H and O–H groups in total. The molecule has 0 saturated heterocycles. The Balaban J connectivity index is 1.69. The Morgan fingerprint density at radius 1 is 1.18 bits per heavy atom. The molecule has 142 valence electrons. The van der Waals surface area contributed by atoms with Crippen LogP contribution in [-0.2, 0) is 17.7 Å². The van der Waals surface area contributed by atoms with Gasteiger partial charge in [-0.25, -0.2) is 4.79 Å². The third kappa shape index (κ3) is 2.48. The first kappa shape index (κ1) is 17.1. The molecule has 0 saturated carbocycles. The molecular formula is C21H16ClNO5. The Morgan fingerprint density at radius 3 is 2.75 bits per heavy atom. The van der Waals surface area contributed by atoms with Crippen molar-refractivity contribution in [3.8, 4) is 11.5 Å². The van der Waals surface area contributed by atoms with Crippen molar-refractivity contribution in [2.24, 2.45) is 0 Å². The number of hydrogen-bond acceptors (Lipinski definition) is 5. The number of carbonyl (C=O) groups excluding carboxylic acids is 2. The number of halogens is 1. The SMILES string of the molecule is COC(=O)c1ccc2c3c(n(Cc4cc5c(cc4Cl)OCO5)c2c1)C(=O)CC3. The number of ketones is 1. The van der Waals surface area contributed by atoms with E-state index < -0.39 is 5.97 Å². The van der Waals surface area contributed by atoms with Crippen LogP contribution >= 0.6 is 11.6 Å². The van der Waals surface area contributed by atoms with Gasteiger partial charge in [0.05, 0.1) is 23.9 Å². The summed E-state index contributed by atoms with van der Waals surface area (Å²) < 4.78 is 17.6. The molecule has 1 aromatic heterocycles. The Hall–Kier alpha value is -2.99.